The van der Waals surface area contributed by atoms with E-state index < -0.39 is 10.0 Å². The summed E-state index contributed by atoms with van der Waals surface area (Å²) in [5.74, 6) is -0.0998. The number of piperidine rings is 2. The number of likely N-dealkylation sites (tertiary alicyclic amines) is 1. The van der Waals surface area contributed by atoms with E-state index in [0.717, 1.165) is 32.5 Å². The number of sulfonamides is 1. The summed E-state index contributed by atoms with van der Waals surface area (Å²) < 4.78 is 27.3. The van der Waals surface area contributed by atoms with Crippen LogP contribution in [0.3, 0.4) is 0 Å². The van der Waals surface area contributed by atoms with Crippen molar-refractivity contribution in [2.24, 2.45) is 5.92 Å². The second-order valence-corrected chi connectivity index (χ2v) is 10.2. The highest BCUT2D eigenvalue weighted by atomic mass is 32.2. The summed E-state index contributed by atoms with van der Waals surface area (Å²) >= 11 is 0. The lowest BCUT2D eigenvalue weighted by molar-refractivity contribution is -0.127. The third-order valence-electron chi connectivity index (χ3n) is 6.21. The predicted molar refractivity (Wildman–Crippen MR) is 115 cm³/mol. The number of hydrogen-bond acceptors (Lipinski definition) is 5. The molecule has 164 valence electrons. The lowest BCUT2D eigenvalue weighted by Gasteiger charge is -2.34. The SMILES string of the molecule is CCCCN1CCC(NC(=O)C2CCN(S(=O)(=O)c3ccccc3C#N)CC2)CC1. The maximum atomic E-state index is 12.9. The van der Waals surface area contributed by atoms with E-state index in [4.69, 9.17) is 0 Å². The van der Waals surface area contributed by atoms with Crippen LogP contribution in [0.15, 0.2) is 29.2 Å². The van der Waals surface area contributed by atoms with E-state index in [1.54, 1.807) is 12.1 Å². The average molecular weight is 433 g/mol. The lowest BCUT2D eigenvalue weighted by atomic mass is 9.96. The average Bonchev–Trinajstić information content (AvgIpc) is 2.78. The number of nitrogens with one attached hydrogen (secondary N) is 1. The zero-order chi connectivity index (χ0) is 21.6. The number of rotatable bonds is 7. The van der Waals surface area contributed by atoms with Crippen molar-refractivity contribution in [3.05, 3.63) is 29.8 Å². The van der Waals surface area contributed by atoms with Gasteiger partial charge in [0.15, 0.2) is 0 Å². The van der Waals surface area contributed by atoms with Crippen LogP contribution >= 0.6 is 0 Å². The Labute approximate surface area is 180 Å². The Balaban J connectivity index is 1.50. The zero-order valence-corrected chi connectivity index (χ0v) is 18.5. The molecule has 0 aliphatic carbocycles. The molecule has 3 rings (SSSR count). The second-order valence-electron chi connectivity index (χ2n) is 8.26. The van der Waals surface area contributed by atoms with Crippen LogP contribution in [-0.4, -0.2) is 62.3 Å². The van der Waals surface area contributed by atoms with Crippen LogP contribution in [0.5, 0.6) is 0 Å². The van der Waals surface area contributed by atoms with Gasteiger partial charge in [-0.25, -0.2) is 8.42 Å². The minimum Gasteiger partial charge on any atom is -0.353 e. The van der Waals surface area contributed by atoms with Gasteiger partial charge in [0.25, 0.3) is 0 Å². The minimum atomic E-state index is -3.72. The molecule has 0 bridgehead atoms. The summed E-state index contributed by atoms with van der Waals surface area (Å²) in [5, 5.41) is 12.4. The first-order chi connectivity index (χ1) is 14.5. The Kier molecular flexibility index (Phi) is 7.87. The number of nitrogens with zero attached hydrogens (tertiary/aromatic N) is 3. The Hall–Kier alpha value is -1.95. The van der Waals surface area contributed by atoms with Crippen LogP contribution in [0.25, 0.3) is 0 Å². The number of benzene rings is 1. The first kappa shape index (κ1) is 22.7. The smallest absolute Gasteiger partial charge is 0.244 e. The molecule has 0 unspecified atom stereocenters. The van der Waals surface area contributed by atoms with Gasteiger partial charge in [-0.1, -0.05) is 25.5 Å². The monoisotopic (exact) mass is 432 g/mol. The fraction of sp³-hybridized carbons (Fsp3) is 0.636. The van der Waals surface area contributed by atoms with Gasteiger partial charge in [-0.2, -0.15) is 9.57 Å². The van der Waals surface area contributed by atoms with Crippen LogP contribution in [0.4, 0.5) is 0 Å². The third-order valence-corrected chi connectivity index (χ3v) is 8.17. The topological polar surface area (TPSA) is 93.5 Å². The molecule has 1 N–H and O–H groups in total. The van der Waals surface area contributed by atoms with Gasteiger partial charge in [-0.15, -0.1) is 0 Å². The van der Waals surface area contributed by atoms with Crippen molar-refractivity contribution in [1.82, 2.24) is 14.5 Å². The quantitative estimate of drug-likeness (QED) is 0.714. The number of hydrogen-bond donors (Lipinski definition) is 1. The van der Waals surface area contributed by atoms with Crippen molar-refractivity contribution in [2.45, 2.75) is 56.4 Å². The molecule has 2 saturated heterocycles. The fourth-order valence-electron chi connectivity index (χ4n) is 4.28. The van der Waals surface area contributed by atoms with Crippen molar-refractivity contribution in [2.75, 3.05) is 32.7 Å². The highest BCUT2D eigenvalue weighted by Gasteiger charge is 2.34. The van der Waals surface area contributed by atoms with Gasteiger partial charge in [-0.3, -0.25) is 4.79 Å². The minimum absolute atomic E-state index is 0.0465. The van der Waals surface area contributed by atoms with Gasteiger partial charge in [0.05, 0.1) is 10.5 Å². The standard InChI is InChI=1S/C22H32N4O3S/c1-2-3-12-25-13-10-20(11-14-25)24-22(27)18-8-15-26(16-9-18)30(28,29)21-7-5-4-6-19(21)17-23/h4-7,18,20H,2-3,8-16H2,1H3,(H,24,27). The molecular weight excluding hydrogens is 400 g/mol. The van der Waals surface area contributed by atoms with Crippen molar-refractivity contribution >= 4 is 15.9 Å². The summed E-state index contributed by atoms with van der Waals surface area (Å²) in [6.07, 6.45) is 5.40. The largest absolute Gasteiger partial charge is 0.353 e. The van der Waals surface area contributed by atoms with Crippen molar-refractivity contribution in [3.63, 3.8) is 0 Å². The molecule has 2 aliphatic rings. The maximum Gasteiger partial charge on any atom is 0.244 e. The first-order valence-electron chi connectivity index (χ1n) is 11.0. The van der Waals surface area contributed by atoms with E-state index in [2.05, 4.69) is 17.1 Å². The normalized spacial score (nSPS) is 20.0. The fourth-order valence-corrected chi connectivity index (χ4v) is 5.89. The highest BCUT2D eigenvalue weighted by molar-refractivity contribution is 7.89. The van der Waals surface area contributed by atoms with Gasteiger partial charge < -0.3 is 10.2 Å². The molecule has 0 spiro atoms. The maximum absolute atomic E-state index is 12.9. The molecule has 1 aromatic rings. The number of carbonyl (C=O) groups is 1. The first-order valence-corrected chi connectivity index (χ1v) is 12.4. The van der Waals surface area contributed by atoms with E-state index in [1.807, 2.05) is 6.07 Å². The molecule has 8 heteroatoms. The van der Waals surface area contributed by atoms with Crippen LogP contribution in [-0.2, 0) is 14.8 Å². The molecule has 1 aromatic carbocycles. The Morgan fingerprint density at radius 2 is 1.80 bits per heavy atom. The molecule has 0 atom stereocenters. The van der Waals surface area contributed by atoms with Gasteiger partial charge in [0.2, 0.25) is 15.9 Å². The van der Waals surface area contributed by atoms with Crippen molar-refractivity contribution in [3.8, 4) is 6.07 Å². The lowest BCUT2D eigenvalue weighted by Crippen LogP contribution is -2.48. The summed E-state index contributed by atoms with van der Waals surface area (Å²) in [4.78, 5) is 15.2. The van der Waals surface area contributed by atoms with Gasteiger partial charge in [0.1, 0.15) is 6.07 Å². The van der Waals surface area contributed by atoms with Crippen molar-refractivity contribution in [1.29, 1.82) is 5.26 Å². The molecule has 1 amide bonds. The predicted octanol–water partition coefficient (Wildman–Crippen LogP) is 2.34. The van der Waals surface area contributed by atoms with E-state index >= 15 is 0 Å². The van der Waals surface area contributed by atoms with E-state index in [-0.39, 0.29) is 28.3 Å². The number of carbonyl (C=O) groups excluding carboxylic acids is 1. The van der Waals surface area contributed by atoms with Crippen LogP contribution in [0, 0.1) is 17.2 Å². The molecular formula is C22H32N4O3S. The van der Waals surface area contributed by atoms with E-state index in [0.29, 0.717) is 25.9 Å². The summed E-state index contributed by atoms with van der Waals surface area (Å²) in [6.45, 7) is 6.00. The molecule has 0 aromatic heterocycles. The van der Waals surface area contributed by atoms with Gasteiger partial charge in [-0.05, 0) is 50.8 Å². The molecule has 2 fully saturated rings. The van der Waals surface area contributed by atoms with Gasteiger partial charge in [0, 0.05) is 38.1 Å². The third kappa shape index (κ3) is 5.39. The van der Waals surface area contributed by atoms with Crippen LogP contribution < -0.4 is 5.32 Å². The van der Waals surface area contributed by atoms with Crippen LogP contribution in [0.1, 0.15) is 51.0 Å². The highest BCUT2D eigenvalue weighted by Crippen LogP contribution is 2.26. The summed E-state index contributed by atoms with van der Waals surface area (Å²) in [6, 6.07) is 8.44. The molecule has 0 radical (unpaired) electrons. The summed E-state index contributed by atoms with van der Waals surface area (Å²) in [7, 11) is -3.72. The zero-order valence-electron chi connectivity index (χ0n) is 17.7. The molecule has 2 heterocycles. The molecule has 30 heavy (non-hydrogen) atoms. The Bertz CT molecular complexity index is 865. The number of amides is 1. The van der Waals surface area contributed by atoms with Crippen molar-refractivity contribution < 1.29 is 13.2 Å². The Morgan fingerprint density at radius 3 is 2.43 bits per heavy atom. The molecule has 7 nitrogen and oxygen atoms in total. The van der Waals surface area contributed by atoms with E-state index in [1.165, 1.54) is 29.3 Å². The second kappa shape index (κ2) is 10.4. The summed E-state index contributed by atoms with van der Waals surface area (Å²) in [5.41, 5.74) is 0.155. The number of unbranched alkanes of at least 4 members (excludes halogenated alkanes) is 1. The molecule has 2 aliphatic heterocycles. The molecule has 0 saturated carbocycles. The Morgan fingerprint density at radius 1 is 1.13 bits per heavy atom. The van der Waals surface area contributed by atoms with Crippen LogP contribution in [0.2, 0.25) is 0 Å². The number of nitriles is 1. The van der Waals surface area contributed by atoms with Gasteiger partial charge >= 0.3 is 0 Å². The van der Waals surface area contributed by atoms with E-state index in [9.17, 15) is 18.5 Å².